The predicted octanol–water partition coefficient (Wildman–Crippen LogP) is 4.32. The van der Waals surface area contributed by atoms with Crippen molar-refractivity contribution < 1.29 is 9.13 Å². The lowest BCUT2D eigenvalue weighted by Crippen LogP contribution is -2.11. The Balaban J connectivity index is 2.46. The Kier molecular flexibility index (Phi) is 4.17. The van der Waals surface area contributed by atoms with E-state index in [0.29, 0.717) is 15.8 Å². The van der Waals surface area contributed by atoms with Gasteiger partial charge < -0.3 is 10.5 Å². The second-order valence-electron chi connectivity index (χ2n) is 4.01. The zero-order valence-electron chi connectivity index (χ0n) is 10.1. The number of rotatable bonds is 3. The van der Waals surface area contributed by atoms with Crippen molar-refractivity contribution in [2.24, 2.45) is 5.73 Å². The van der Waals surface area contributed by atoms with Crippen molar-refractivity contribution in [3.63, 3.8) is 0 Å². The van der Waals surface area contributed by atoms with E-state index in [9.17, 15) is 4.39 Å². The number of aryl methyl sites for hydroxylation is 1. The highest BCUT2D eigenvalue weighted by molar-refractivity contribution is 9.10. The van der Waals surface area contributed by atoms with Gasteiger partial charge in [-0.15, -0.1) is 0 Å². The van der Waals surface area contributed by atoms with Gasteiger partial charge in [-0.2, -0.15) is 0 Å². The summed E-state index contributed by atoms with van der Waals surface area (Å²) in [6.45, 7) is 1.86. The molecule has 0 saturated carbocycles. The maximum Gasteiger partial charge on any atom is 0.165 e. The van der Waals surface area contributed by atoms with E-state index in [4.69, 9.17) is 22.7 Å². The molecule has 19 heavy (non-hydrogen) atoms. The Bertz CT molecular complexity index is 645. The van der Waals surface area contributed by atoms with E-state index < -0.39 is 5.82 Å². The molecule has 5 heteroatoms. The van der Waals surface area contributed by atoms with Gasteiger partial charge in [0.2, 0.25) is 0 Å². The van der Waals surface area contributed by atoms with Gasteiger partial charge in [0, 0.05) is 4.47 Å². The van der Waals surface area contributed by atoms with Gasteiger partial charge in [0.25, 0.3) is 0 Å². The summed E-state index contributed by atoms with van der Waals surface area (Å²) in [4.78, 5) is 0.190. The first-order valence-electron chi connectivity index (χ1n) is 5.51. The Morgan fingerprint density at radius 1 is 1.26 bits per heavy atom. The van der Waals surface area contributed by atoms with E-state index in [-0.39, 0.29) is 10.7 Å². The Morgan fingerprint density at radius 2 is 2.00 bits per heavy atom. The van der Waals surface area contributed by atoms with Crippen molar-refractivity contribution in [1.29, 1.82) is 0 Å². The van der Waals surface area contributed by atoms with Gasteiger partial charge in [-0.25, -0.2) is 4.39 Å². The highest BCUT2D eigenvalue weighted by atomic mass is 79.9. The van der Waals surface area contributed by atoms with Crippen LogP contribution in [0.2, 0.25) is 0 Å². The number of hydrogen-bond acceptors (Lipinski definition) is 2. The average Bonchev–Trinajstić information content (AvgIpc) is 2.33. The minimum atomic E-state index is -0.431. The van der Waals surface area contributed by atoms with Crippen LogP contribution in [0.25, 0.3) is 0 Å². The third-order valence-electron chi connectivity index (χ3n) is 2.53. The standard InChI is InChI=1S/C14H11BrFNOS/c1-8-5-6-10(16)12(7-8)18-11-4-2-3-9(15)13(11)14(17)19/h2-7H,1H3,(H2,17,19). The maximum absolute atomic E-state index is 13.7. The van der Waals surface area contributed by atoms with Crippen molar-refractivity contribution in [1.82, 2.24) is 0 Å². The van der Waals surface area contributed by atoms with Gasteiger partial charge >= 0.3 is 0 Å². The normalized spacial score (nSPS) is 10.3. The number of nitrogens with two attached hydrogens (primary N) is 1. The largest absolute Gasteiger partial charge is 0.453 e. The van der Waals surface area contributed by atoms with Crippen molar-refractivity contribution in [2.75, 3.05) is 0 Å². The third-order valence-corrected chi connectivity index (χ3v) is 3.39. The van der Waals surface area contributed by atoms with Crippen LogP contribution in [0.3, 0.4) is 0 Å². The maximum atomic E-state index is 13.7. The van der Waals surface area contributed by atoms with Gasteiger partial charge in [-0.3, -0.25) is 0 Å². The molecular formula is C14H11BrFNOS. The molecule has 0 atom stereocenters. The molecule has 0 heterocycles. The lowest BCUT2D eigenvalue weighted by atomic mass is 10.2. The van der Waals surface area contributed by atoms with Gasteiger partial charge in [-0.1, -0.05) is 24.4 Å². The van der Waals surface area contributed by atoms with Crippen LogP contribution in [0.4, 0.5) is 4.39 Å². The Morgan fingerprint density at radius 3 is 2.68 bits per heavy atom. The molecule has 0 aliphatic carbocycles. The summed E-state index contributed by atoms with van der Waals surface area (Å²) in [6.07, 6.45) is 0. The van der Waals surface area contributed by atoms with Crippen molar-refractivity contribution in [3.05, 3.63) is 57.8 Å². The molecule has 0 amide bonds. The molecule has 0 saturated heterocycles. The Labute approximate surface area is 124 Å². The number of halogens is 2. The summed E-state index contributed by atoms with van der Waals surface area (Å²) in [7, 11) is 0. The number of benzene rings is 2. The van der Waals surface area contributed by atoms with E-state index >= 15 is 0 Å². The van der Waals surface area contributed by atoms with Gasteiger partial charge in [0.1, 0.15) is 10.7 Å². The summed E-state index contributed by atoms with van der Waals surface area (Å²) in [6, 6.07) is 9.93. The molecule has 0 bridgehead atoms. The average molecular weight is 340 g/mol. The summed E-state index contributed by atoms with van der Waals surface area (Å²) >= 11 is 8.34. The fraction of sp³-hybridized carbons (Fsp3) is 0.0714. The predicted molar refractivity (Wildman–Crippen MR) is 81.2 cm³/mol. The highest BCUT2D eigenvalue weighted by Crippen LogP contribution is 2.32. The fourth-order valence-corrected chi connectivity index (χ4v) is 2.54. The van der Waals surface area contributed by atoms with Crippen LogP contribution in [0.5, 0.6) is 11.5 Å². The molecule has 2 aromatic carbocycles. The quantitative estimate of drug-likeness (QED) is 0.845. The SMILES string of the molecule is Cc1ccc(F)c(Oc2cccc(Br)c2C(N)=S)c1. The minimum Gasteiger partial charge on any atom is -0.453 e. The first-order chi connectivity index (χ1) is 8.99. The first-order valence-corrected chi connectivity index (χ1v) is 6.71. The molecule has 2 rings (SSSR count). The number of hydrogen-bond donors (Lipinski definition) is 1. The molecule has 2 N–H and O–H groups in total. The Hall–Kier alpha value is -1.46. The molecule has 0 aromatic heterocycles. The monoisotopic (exact) mass is 339 g/mol. The van der Waals surface area contributed by atoms with Crippen LogP contribution >= 0.6 is 28.1 Å². The molecule has 0 fully saturated rings. The number of thiocarbonyl (C=S) groups is 1. The van der Waals surface area contributed by atoms with E-state index in [1.54, 1.807) is 30.3 Å². The van der Waals surface area contributed by atoms with Crippen LogP contribution in [0.1, 0.15) is 11.1 Å². The summed E-state index contributed by atoms with van der Waals surface area (Å²) in [5.74, 6) is 0.140. The minimum absolute atomic E-state index is 0.149. The molecule has 0 unspecified atom stereocenters. The molecule has 98 valence electrons. The number of ether oxygens (including phenoxy) is 1. The molecule has 0 aliphatic rings. The van der Waals surface area contributed by atoms with E-state index in [0.717, 1.165) is 5.56 Å². The third kappa shape index (κ3) is 3.11. The van der Waals surface area contributed by atoms with Crippen LogP contribution in [0.15, 0.2) is 40.9 Å². The molecule has 0 spiro atoms. The first kappa shape index (κ1) is 14.0. The second kappa shape index (κ2) is 5.67. The van der Waals surface area contributed by atoms with Crippen LogP contribution in [-0.2, 0) is 0 Å². The van der Waals surface area contributed by atoms with E-state index in [1.165, 1.54) is 6.07 Å². The topological polar surface area (TPSA) is 35.2 Å². The second-order valence-corrected chi connectivity index (χ2v) is 5.31. The lowest BCUT2D eigenvalue weighted by Gasteiger charge is -2.12. The van der Waals surface area contributed by atoms with E-state index in [1.807, 2.05) is 6.92 Å². The molecule has 0 radical (unpaired) electrons. The smallest absolute Gasteiger partial charge is 0.165 e. The molecule has 2 aromatic rings. The fourth-order valence-electron chi connectivity index (χ4n) is 1.64. The van der Waals surface area contributed by atoms with Gasteiger partial charge in [0.05, 0.1) is 5.56 Å². The van der Waals surface area contributed by atoms with Gasteiger partial charge in [-0.05, 0) is 52.7 Å². The van der Waals surface area contributed by atoms with Crippen molar-refractivity contribution in [3.8, 4) is 11.5 Å². The molecule has 2 nitrogen and oxygen atoms in total. The highest BCUT2D eigenvalue weighted by Gasteiger charge is 2.13. The molecule has 0 aliphatic heterocycles. The summed E-state index contributed by atoms with van der Waals surface area (Å²) in [5.41, 5.74) is 7.12. The van der Waals surface area contributed by atoms with Crippen molar-refractivity contribution >= 4 is 33.1 Å². The summed E-state index contributed by atoms with van der Waals surface area (Å²) in [5, 5.41) is 0. The molecular weight excluding hydrogens is 329 g/mol. The van der Waals surface area contributed by atoms with Crippen LogP contribution in [-0.4, -0.2) is 4.99 Å². The zero-order chi connectivity index (χ0) is 14.0. The van der Waals surface area contributed by atoms with E-state index in [2.05, 4.69) is 15.9 Å². The lowest BCUT2D eigenvalue weighted by molar-refractivity contribution is 0.441. The zero-order valence-corrected chi connectivity index (χ0v) is 12.5. The van der Waals surface area contributed by atoms with Crippen LogP contribution in [0, 0.1) is 12.7 Å². The van der Waals surface area contributed by atoms with Crippen LogP contribution < -0.4 is 10.5 Å². The summed E-state index contributed by atoms with van der Waals surface area (Å²) < 4.78 is 20.0. The van der Waals surface area contributed by atoms with Gasteiger partial charge in [0.15, 0.2) is 11.6 Å². The van der Waals surface area contributed by atoms with Crippen molar-refractivity contribution in [2.45, 2.75) is 6.92 Å².